The van der Waals surface area contributed by atoms with Gasteiger partial charge in [0.05, 0.1) is 10.9 Å². The van der Waals surface area contributed by atoms with Crippen molar-refractivity contribution >= 4 is 21.9 Å². The highest BCUT2D eigenvalue weighted by molar-refractivity contribution is 6.01. The molecule has 4 aromatic rings. The summed E-state index contributed by atoms with van der Waals surface area (Å²) < 4.78 is 5.13. The highest BCUT2D eigenvalue weighted by Gasteiger charge is 2.12. The van der Waals surface area contributed by atoms with Gasteiger partial charge < -0.3 is 4.52 Å². The lowest BCUT2D eigenvalue weighted by molar-refractivity contribution is 0.454. The molecule has 0 aliphatic rings. The second-order valence-corrected chi connectivity index (χ2v) is 4.09. The number of fused-ring (bicyclic) bond motifs is 2. The van der Waals surface area contributed by atoms with Crippen LogP contribution in [0.15, 0.2) is 47.0 Å². The van der Waals surface area contributed by atoms with Crippen molar-refractivity contribution in [2.75, 3.05) is 0 Å². The van der Waals surface area contributed by atoms with E-state index in [0.29, 0.717) is 0 Å². The Bertz CT molecular complexity index is 844. The van der Waals surface area contributed by atoms with Crippen LogP contribution in [0, 0.1) is 6.20 Å². The van der Waals surface area contributed by atoms with Crippen LogP contribution in [0.3, 0.4) is 0 Å². The first-order chi connectivity index (χ1) is 8.93. The molecule has 0 saturated heterocycles. The molecule has 0 aliphatic heterocycles. The average molecular weight is 234 g/mol. The molecule has 1 N–H and O–H groups in total. The van der Waals surface area contributed by atoms with E-state index in [1.807, 2.05) is 42.5 Å². The molecule has 0 unspecified atom stereocenters. The Morgan fingerprint density at radius 1 is 1.06 bits per heavy atom. The number of nitrogens with one attached hydrogen (secondary N) is 1. The summed E-state index contributed by atoms with van der Waals surface area (Å²) in [6.07, 6.45) is 2.87. The lowest BCUT2D eigenvalue weighted by Crippen LogP contribution is -1.79. The molecule has 4 nitrogen and oxygen atoms in total. The van der Waals surface area contributed by atoms with E-state index in [4.69, 9.17) is 4.52 Å². The van der Waals surface area contributed by atoms with Gasteiger partial charge in [-0.05, 0) is 12.1 Å². The first kappa shape index (κ1) is 9.41. The lowest BCUT2D eigenvalue weighted by Gasteiger charge is -1.98. The van der Waals surface area contributed by atoms with Gasteiger partial charge in [-0.1, -0.05) is 35.5 Å². The van der Waals surface area contributed by atoms with E-state index in [1.54, 1.807) is 0 Å². The maximum absolute atomic E-state index is 5.13. The molecule has 2 heterocycles. The number of nitrogens with zero attached hydrogens (tertiary/aromatic N) is 2. The predicted molar refractivity (Wildman–Crippen MR) is 67.9 cm³/mol. The van der Waals surface area contributed by atoms with Crippen molar-refractivity contribution in [3.05, 3.63) is 48.7 Å². The number of aromatic amines is 1. The number of hydrogen-bond donors (Lipinski definition) is 1. The summed E-state index contributed by atoms with van der Waals surface area (Å²) in [5.74, 6) is 0. The molecule has 4 rings (SSSR count). The van der Waals surface area contributed by atoms with Crippen molar-refractivity contribution < 1.29 is 4.52 Å². The van der Waals surface area contributed by atoms with E-state index in [0.717, 1.165) is 33.1 Å². The smallest absolute Gasteiger partial charge is 0.168 e. The fourth-order valence-corrected chi connectivity index (χ4v) is 2.21. The van der Waals surface area contributed by atoms with Gasteiger partial charge in [0.25, 0.3) is 0 Å². The zero-order chi connectivity index (χ0) is 11.9. The Labute approximate surface area is 102 Å². The second kappa shape index (κ2) is 3.43. The van der Waals surface area contributed by atoms with E-state index >= 15 is 0 Å². The molecule has 0 bridgehead atoms. The Balaban J connectivity index is 2.10. The van der Waals surface area contributed by atoms with E-state index in [1.165, 1.54) is 0 Å². The molecule has 0 amide bonds. The van der Waals surface area contributed by atoms with E-state index in [9.17, 15) is 0 Å². The molecule has 18 heavy (non-hydrogen) atoms. The van der Waals surface area contributed by atoms with Crippen LogP contribution in [0.1, 0.15) is 0 Å². The Morgan fingerprint density at radius 2 is 2.00 bits per heavy atom. The first-order valence-electron chi connectivity index (χ1n) is 5.63. The molecular weight excluding hydrogens is 226 g/mol. The van der Waals surface area contributed by atoms with Crippen molar-refractivity contribution in [2.24, 2.45) is 0 Å². The van der Waals surface area contributed by atoms with Crippen LogP contribution >= 0.6 is 0 Å². The second-order valence-electron chi connectivity index (χ2n) is 4.09. The summed E-state index contributed by atoms with van der Waals surface area (Å²) in [6, 6.07) is 13.8. The normalized spacial score (nSPS) is 11.3. The molecule has 0 aliphatic carbocycles. The molecule has 0 saturated carbocycles. The van der Waals surface area contributed by atoms with Crippen LogP contribution in [0.2, 0.25) is 0 Å². The summed E-state index contributed by atoms with van der Waals surface area (Å²) in [4.78, 5) is 0. The van der Waals surface area contributed by atoms with E-state index in [-0.39, 0.29) is 0 Å². The van der Waals surface area contributed by atoms with Gasteiger partial charge in [-0.2, -0.15) is 5.10 Å². The van der Waals surface area contributed by atoms with Gasteiger partial charge in [-0.15, -0.1) is 0 Å². The number of benzene rings is 2. The van der Waals surface area contributed by atoms with Crippen molar-refractivity contribution in [2.45, 2.75) is 0 Å². The van der Waals surface area contributed by atoms with Gasteiger partial charge in [0, 0.05) is 10.9 Å². The van der Waals surface area contributed by atoms with Crippen molar-refractivity contribution in [3.8, 4) is 11.3 Å². The van der Waals surface area contributed by atoms with E-state index < -0.39 is 0 Å². The largest absolute Gasteiger partial charge is 0.356 e. The van der Waals surface area contributed by atoms with Crippen LogP contribution < -0.4 is 0 Å². The number of hydrogen-bond acceptors (Lipinski definition) is 3. The van der Waals surface area contributed by atoms with Gasteiger partial charge in [-0.3, -0.25) is 5.10 Å². The number of para-hydroxylation sites is 1. The average Bonchev–Trinajstić information content (AvgIpc) is 3.05. The molecule has 4 heteroatoms. The van der Waals surface area contributed by atoms with Gasteiger partial charge in [-0.25, -0.2) is 0 Å². The summed E-state index contributed by atoms with van der Waals surface area (Å²) in [5, 5.41) is 13.1. The van der Waals surface area contributed by atoms with Crippen molar-refractivity contribution in [3.63, 3.8) is 0 Å². The maximum atomic E-state index is 5.13. The number of aromatic nitrogens is 3. The summed E-state index contributed by atoms with van der Waals surface area (Å²) >= 11 is 0. The Hall–Kier alpha value is -2.62. The van der Waals surface area contributed by atoms with Crippen LogP contribution in [0.25, 0.3) is 33.1 Å². The highest BCUT2D eigenvalue weighted by Crippen LogP contribution is 2.31. The third-order valence-corrected chi connectivity index (χ3v) is 3.05. The third-order valence-electron chi connectivity index (χ3n) is 3.05. The van der Waals surface area contributed by atoms with Gasteiger partial charge in [0.15, 0.2) is 5.58 Å². The quantitative estimate of drug-likeness (QED) is 0.550. The van der Waals surface area contributed by atoms with Crippen molar-refractivity contribution in [1.82, 2.24) is 15.4 Å². The lowest BCUT2D eigenvalue weighted by atomic mass is 10.0. The SMILES string of the molecule is [c]1noc2cccc(-c3n[nH]c4ccccc34)c12. The van der Waals surface area contributed by atoms with Gasteiger partial charge in [0.1, 0.15) is 11.9 Å². The van der Waals surface area contributed by atoms with Crippen LogP contribution in [-0.2, 0) is 0 Å². The molecule has 2 aromatic heterocycles. The topological polar surface area (TPSA) is 54.7 Å². The predicted octanol–water partition coefficient (Wildman–Crippen LogP) is 3.17. The zero-order valence-corrected chi connectivity index (χ0v) is 9.34. The van der Waals surface area contributed by atoms with Crippen molar-refractivity contribution in [1.29, 1.82) is 0 Å². The molecule has 0 atom stereocenters. The zero-order valence-electron chi connectivity index (χ0n) is 9.34. The van der Waals surface area contributed by atoms with E-state index in [2.05, 4.69) is 21.6 Å². The molecule has 1 radical (unpaired) electrons. The van der Waals surface area contributed by atoms with Crippen LogP contribution in [-0.4, -0.2) is 15.4 Å². The molecule has 85 valence electrons. The summed E-state index contributed by atoms with van der Waals surface area (Å²) in [6.45, 7) is 0. The van der Waals surface area contributed by atoms with Gasteiger partial charge >= 0.3 is 0 Å². The molecular formula is C14H8N3O. The maximum Gasteiger partial charge on any atom is 0.168 e. The van der Waals surface area contributed by atoms with Crippen LogP contribution in [0.5, 0.6) is 0 Å². The van der Waals surface area contributed by atoms with Crippen LogP contribution in [0.4, 0.5) is 0 Å². The number of H-pyrrole nitrogens is 1. The fraction of sp³-hybridized carbons (Fsp3) is 0. The summed E-state index contributed by atoms with van der Waals surface area (Å²) in [5.41, 5.74) is 3.61. The Morgan fingerprint density at radius 3 is 3.00 bits per heavy atom. The Kier molecular flexibility index (Phi) is 1.80. The summed E-state index contributed by atoms with van der Waals surface area (Å²) in [7, 11) is 0. The van der Waals surface area contributed by atoms with Gasteiger partial charge in [0.2, 0.25) is 0 Å². The minimum atomic E-state index is 0.722. The third kappa shape index (κ3) is 1.20. The minimum absolute atomic E-state index is 0.722. The molecule has 0 fully saturated rings. The number of rotatable bonds is 1. The highest BCUT2D eigenvalue weighted by atomic mass is 16.5. The monoisotopic (exact) mass is 234 g/mol. The fourth-order valence-electron chi connectivity index (χ4n) is 2.21. The standard InChI is InChI=1S/C14H8N3O/c1-2-6-12-10(4-1)14(17-16-12)9-5-3-7-13-11(9)8-15-18-13/h1-7H,(H,16,17). The molecule has 2 aromatic carbocycles. The molecule has 0 spiro atoms. The minimum Gasteiger partial charge on any atom is -0.356 e. The first-order valence-corrected chi connectivity index (χ1v) is 5.63.